The van der Waals surface area contributed by atoms with E-state index in [1.54, 1.807) is 0 Å². The molecule has 118 valence electrons. The fourth-order valence-electron chi connectivity index (χ4n) is 2.58. The Labute approximate surface area is 121 Å². The average molecular weight is 303 g/mol. The summed E-state index contributed by atoms with van der Waals surface area (Å²) in [5.74, 6) is 6.17. The van der Waals surface area contributed by atoms with Crippen LogP contribution in [0.15, 0.2) is 12.1 Å². The highest BCUT2D eigenvalue weighted by Gasteiger charge is 2.33. The van der Waals surface area contributed by atoms with Gasteiger partial charge in [-0.05, 0) is 37.2 Å². The van der Waals surface area contributed by atoms with E-state index in [-0.39, 0.29) is 17.8 Å². The topological polar surface area (TPSA) is 60.2 Å². The van der Waals surface area contributed by atoms with Gasteiger partial charge >= 0.3 is 6.18 Å². The Morgan fingerprint density at radius 2 is 1.95 bits per heavy atom. The minimum atomic E-state index is -4.46. The molecule has 1 heterocycles. The van der Waals surface area contributed by atoms with E-state index in [1.807, 2.05) is 0 Å². The van der Waals surface area contributed by atoms with Gasteiger partial charge in [-0.15, -0.1) is 0 Å². The first-order valence-corrected chi connectivity index (χ1v) is 7.02. The molecule has 21 heavy (non-hydrogen) atoms. The van der Waals surface area contributed by atoms with Gasteiger partial charge in [0.1, 0.15) is 11.9 Å². The maximum Gasteiger partial charge on any atom is 0.416 e. The number of nitrogens with two attached hydrogens (primary N) is 1. The molecule has 1 aromatic rings. The van der Waals surface area contributed by atoms with E-state index in [4.69, 9.17) is 10.6 Å². The molecule has 1 aromatic heterocycles. The number of anilines is 1. The molecule has 2 rings (SSSR count). The Kier molecular flexibility index (Phi) is 4.61. The van der Waals surface area contributed by atoms with Crippen LogP contribution in [0.4, 0.5) is 19.0 Å². The Bertz CT molecular complexity index is 493. The highest BCUT2D eigenvalue weighted by atomic mass is 19.4. The fraction of sp³-hybridized carbons (Fsp3) is 0.643. The summed E-state index contributed by atoms with van der Waals surface area (Å²) in [6.07, 6.45) is -1.90. The molecule has 1 fully saturated rings. The number of nitrogen functional groups attached to an aromatic ring is 1. The largest absolute Gasteiger partial charge is 0.474 e. The van der Waals surface area contributed by atoms with Crippen LogP contribution < -0.4 is 16.0 Å². The molecule has 3 N–H and O–H groups in total. The van der Waals surface area contributed by atoms with Gasteiger partial charge in [0.15, 0.2) is 0 Å². The van der Waals surface area contributed by atoms with Crippen LogP contribution in [0.25, 0.3) is 0 Å². The predicted molar refractivity (Wildman–Crippen MR) is 73.6 cm³/mol. The van der Waals surface area contributed by atoms with Crippen LogP contribution in [0.1, 0.15) is 38.7 Å². The lowest BCUT2D eigenvalue weighted by molar-refractivity contribution is -0.137. The van der Waals surface area contributed by atoms with E-state index in [0.29, 0.717) is 11.8 Å². The Morgan fingerprint density at radius 3 is 2.52 bits per heavy atom. The van der Waals surface area contributed by atoms with E-state index in [2.05, 4.69) is 24.3 Å². The summed E-state index contributed by atoms with van der Waals surface area (Å²) in [4.78, 5) is 3.95. The zero-order valence-electron chi connectivity index (χ0n) is 12.1. The van der Waals surface area contributed by atoms with Gasteiger partial charge < -0.3 is 10.2 Å². The van der Waals surface area contributed by atoms with Gasteiger partial charge in [-0.25, -0.2) is 5.84 Å². The number of ether oxygens (including phenoxy) is 1. The molecule has 0 aliphatic heterocycles. The first kappa shape index (κ1) is 15.9. The molecule has 3 unspecified atom stereocenters. The van der Waals surface area contributed by atoms with Gasteiger partial charge in [-0.3, -0.25) is 0 Å². The molecule has 1 saturated carbocycles. The second-order valence-corrected chi connectivity index (χ2v) is 5.73. The van der Waals surface area contributed by atoms with Gasteiger partial charge in [-0.1, -0.05) is 13.8 Å². The molecule has 0 spiro atoms. The third-order valence-corrected chi connectivity index (χ3v) is 4.11. The Morgan fingerprint density at radius 1 is 1.24 bits per heavy atom. The summed E-state index contributed by atoms with van der Waals surface area (Å²) in [7, 11) is 0. The van der Waals surface area contributed by atoms with E-state index in [1.165, 1.54) is 0 Å². The second-order valence-electron chi connectivity index (χ2n) is 5.73. The molecule has 4 nitrogen and oxygen atoms in total. The molecule has 0 radical (unpaired) electrons. The summed E-state index contributed by atoms with van der Waals surface area (Å²) < 4.78 is 44.1. The van der Waals surface area contributed by atoms with Crippen molar-refractivity contribution in [2.24, 2.45) is 17.7 Å². The van der Waals surface area contributed by atoms with Crippen LogP contribution in [0.5, 0.6) is 5.88 Å². The van der Waals surface area contributed by atoms with Gasteiger partial charge in [0.05, 0.1) is 5.56 Å². The Balaban J connectivity index is 2.16. The van der Waals surface area contributed by atoms with Gasteiger partial charge in [0, 0.05) is 6.07 Å². The molecular formula is C14H20F3N3O. The maximum absolute atomic E-state index is 12.8. The van der Waals surface area contributed by atoms with Crippen LogP contribution in [-0.2, 0) is 6.18 Å². The molecule has 0 bridgehead atoms. The second kappa shape index (κ2) is 6.09. The number of halogens is 3. The van der Waals surface area contributed by atoms with Crippen molar-refractivity contribution in [1.29, 1.82) is 0 Å². The zero-order chi connectivity index (χ0) is 15.6. The van der Waals surface area contributed by atoms with Crippen LogP contribution in [-0.4, -0.2) is 11.1 Å². The van der Waals surface area contributed by atoms with Crippen molar-refractivity contribution in [3.63, 3.8) is 0 Å². The molecular weight excluding hydrogens is 283 g/mol. The molecule has 0 amide bonds. The zero-order valence-corrected chi connectivity index (χ0v) is 12.1. The Hall–Kier alpha value is -1.50. The lowest BCUT2D eigenvalue weighted by atomic mass is 9.80. The van der Waals surface area contributed by atoms with Crippen molar-refractivity contribution in [2.75, 3.05) is 5.43 Å². The van der Waals surface area contributed by atoms with Crippen LogP contribution in [0, 0.1) is 11.8 Å². The van der Waals surface area contributed by atoms with Crippen molar-refractivity contribution in [3.8, 4) is 5.88 Å². The van der Waals surface area contributed by atoms with E-state index in [0.717, 1.165) is 31.4 Å². The number of hydrazine groups is 1. The lowest BCUT2D eigenvalue weighted by Crippen LogP contribution is -2.29. The number of rotatable bonds is 3. The first-order chi connectivity index (χ1) is 9.79. The first-order valence-electron chi connectivity index (χ1n) is 7.02. The number of hydrogen-bond acceptors (Lipinski definition) is 4. The lowest BCUT2D eigenvalue weighted by Gasteiger charge is -2.32. The number of aromatic nitrogens is 1. The van der Waals surface area contributed by atoms with E-state index < -0.39 is 11.7 Å². The predicted octanol–water partition coefficient (Wildman–Crippen LogP) is 3.59. The summed E-state index contributed by atoms with van der Waals surface area (Å²) in [5.41, 5.74) is 1.32. The monoisotopic (exact) mass is 303 g/mol. The fourth-order valence-corrected chi connectivity index (χ4v) is 2.58. The van der Waals surface area contributed by atoms with Crippen LogP contribution in [0.3, 0.4) is 0 Å². The number of pyridine rings is 1. The SMILES string of the molecule is CC1CCC(Oc2cc(C(F)(F)F)cc(NN)n2)CC1C. The summed E-state index contributed by atoms with van der Waals surface area (Å²) in [6, 6.07) is 1.78. The van der Waals surface area contributed by atoms with Crippen molar-refractivity contribution in [3.05, 3.63) is 17.7 Å². The highest BCUT2D eigenvalue weighted by Crippen LogP contribution is 2.35. The number of nitrogens with one attached hydrogen (secondary N) is 1. The molecule has 0 saturated heterocycles. The number of nitrogens with zero attached hydrogens (tertiary/aromatic N) is 1. The van der Waals surface area contributed by atoms with Crippen molar-refractivity contribution in [2.45, 2.75) is 45.4 Å². The van der Waals surface area contributed by atoms with Gasteiger partial charge in [0.2, 0.25) is 5.88 Å². The minimum absolute atomic E-state index is 0.0375. The molecule has 0 aromatic carbocycles. The standard InChI is InChI=1S/C14H20F3N3O/c1-8-3-4-11(5-9(8)2)21-13-7-10(14(15,16)17)6-12(19-13)20-18/h6-9,11H,3-5,18H2,1-2H3,(H,19,20). The number of alkyl halides is 3. The maximum atomic E-state index is 12.8. The minimum Gasteiger partial charge on any atom is -0.474 e. The molecule has 1 aliphatic rings. The molecule has 3 atom stereocenters. The summed E-state index contributed by atoms with van der Waals surface area (Å²) >= 11 is 0. The van der Waals surface area contributed by atoms with Crippen LogP contribution in [0.2, 0.25) is 0 Å². The molecule has 7 heteroatoms. The normalized spacial score (nSPS) is 26.5. The summed E-state index contributed by atoms with van der Waals surface area (Å²) in [5, 5.41) is 0. The van der Waals surface area contributed by atoms with E-state index in [9.17, 15) is 13.2 Å². The van der Waals surface area contributed by atoms with Crippen molar-refractivity contribution >= 4 is 5.82 Å². The smallest absolute Gasteiger partial charge is 0.416 e. The third-order valence-electron chi connectivity index (χ3n) is 4.11. The highest BCUT2D eigenvalue weighted by molar-refractivity contribution is 5.41. The third kappa shape index (κ3) is 4.00. The van der Waals surface area contributed by atoms with Crippen molar-refractivity contribution in [1.82, 2.24) is 4.98 Å². The molecule has 1 aliphatic carbocycles. The number of hydrogen-bond donors (Lipinski definition) is 2. The van der Waals surface area contributed by atoms with Crippen LogP contribution >= 0.6 is 0 Å². The van der Waals surface area contributed by atoms with Crippen molar-refractivity contribution < 1.29 is 17.9 Å². The van der Waals surface area contributed by atoms with E-state index >= 15 is 0 Å². The quantitative estimate of drug-likeness (QED) is 0.662. The van der Waals surface area contributed by atoms with Gasteiger partial charge in [-0.2, -0.15) is 18.2 Å². The summed E-state index contributed by atoms with van der Waals surface area (Å²) in [6.45, 7) is 4.31. The van der Waals surface area contributed by atoms with Gasteiger partial charge in [0.25, 0.3) is 0 Å². The average Bonchev–Trinajstić information content (AvgIpc) is 2.41.